The van der Waals surface area contributed by atoms with Crippen molar-refractivity contribution in [2.24, 2.45) is 11.8 Å². The van der Waals surface area contributed by atoms with Crippen LogP contribution < -0.4 is 10.0 Å². The molecule has 96 valence electrons. The summed E-state index contributed by atoms with van der Waals surface area (Å²) in [7, 11) is -3.09. The van der Waals surface area contributed by atoms with Gasteiger partial charge in [0.1, 0.15) is 0 Å². The molecule has 1 rings (SSSR count). The molecule has 4 nitrogen and oxygen atoms in total. The van der Waals surface area contributed by atoms with E-state index in [0.717, 1.165) is 0 Å². The Morgan fingerprint density at radius 2 is 1.88 bits per heavy atom. The van der Waals surface area contributed by atoms with Gasteiger partial charge < -0.3 is 5.32 Å². The van der Waals surface area contributed by atoms with Crippen molar-refractivity contribution in [1.82, 2.24) is 10.0 Å². The fraction of sp³-hybridized carbons (Fsp3) is 1.00. The van der Waals surface area contributed by atoms with E-state index >= 15 is 0 Å². The molecule has 0 heterocycles. The first-order chi connectivity index (χ1) is 7.41. The monoisotopic (exact) mass is 248 g/mol. The molecule has 1 aliphatic rings. The highest BCUT2D eigenvalue weighted by Crippen LogP contribution is 2.18. The highest BCUT2D eigenvalue weighted by atomic mass is 32.2. The molecule has 0 radical (unpaired) electrons. The molecule has 1 atom stereocenters. The van der Waals surface area contributed by atoms with Crippen LogP contribution in [0.25, 0.3) is 0 Å². The normalized spacial score (nSPS) is 19.0. The van der Waals surface area contributed by atoms with Crippen molar-refractivity contribution in [3.05, 3.63) is 0 Å². The van der Waals surface area contributed by atoms with Gasteiger partial charge in [-0.05, 0) is 24.7 Å². The zero-order chi connectivity index (χ0) is 12.2. The number of nitrogens with one attached hydrogen (secondary N) is 2. The Kier molecular flexibility index (Phi) is 5.21. The summed E-state index contributed by atoms with van der Waals surface area (Å²) in [4.78, 5) is 0. The number of hydrogen-bond acceptors (Lipinski definition) is 3. The Bertz CT molecular complexity index is 297. The lowest BCUT2D eigenvalue weighted by atomic mass is 9.99. The molecule has 5 heteroatoms. The van der Waals surface area contributed by atoms with Gasteiger partial charge in [-0.15, -0.1) is 0 Å². The molecule has 0 aliphatic heterocycles. The van der Waals surface area contributed by atoms with Gasteiger partial charge in [0, 0.05) is 19.1 Å². The maximum Gasteiger partial charge on any atom is 0.212 e. The molecule has 1 unspecified atom stereocenters. The van der Waals surface area contributed by atoms with Crippen LogP contribution in [0.3, 0.4) is 0 Å². The van der Waals surface area contributed by atoms with Crippen LogP contribution in [-0.4, -0.2) is 33.3 Å². The van der Waals surface area contributed by atoms with Crippen LogP contribution in [0.15, 0.2) is 0 Å². The third-order valence-corrected chi connectivity index (χ3v) is 4.49. The molecule has 0 bridgehead atoms. The molecule has 0 spiro atoms. The van der Waals surface area contributed by atoms with Crippen molar-refractivity contribution < 1.29 is 8.42 Å². The number of rotatable bonds is 8. The van der Waals surface area contributed by atoms with Gasteiger partial charge in [0.25, 0.3) is 0 Å². The van der Waals surface area contributed by atoms with Gasteiger partial charge in [0.15, 0.2) is 0 Å². The van der Waals surface area contributed by atoms with Gasteiger partial charge in [-0.25, -0.2) is 13.1 Å². The quantitative estimate of drug-likeness (QED) is 0.672. The Morgan fingerprint density at radius 1 is 1.25 bits per heavy atom. The minimum absolute atomic E-state index is 0.189. The average molecular weight is 248 g/mol. The lowest BCUT2D eigenvalue weighted by Gasteiger charge is -2.16. The van der Waals surface area contributed by atoms with Crippen molar-refractivity contribution in [3.63, 3.8) is 0 Å². The maximum absolute atomic E-state index is 11.6. The summed E-state index contributed by atoms with van der Waals surface area (Å²) < 4.78 is 25.9. The van der Waals surface area contributed by atoms with Crippen LogP contribution in [0.2, 0.25) is 0 Å². The molecule has 0 saturated heterocycles. The van der Waals surface area contributed by atoms with Gasteiger partial charge in [-0.2, -0.15) is 0 Å². The van der Waals surface area contributed by atoms with Crippen molar-refractivity contribution in [1.29, 1.82) is 0 Å². The van der Waals surface area contributed by atoms with Crippen LogP contribution in [-0.2, 0) is 10.0 Å². The minimum atomic E-state index is -3.09. The summed E-state index contributed by atoms with van der Waals surface area (Å²) in [5.74, 6) is 1.08. The van der Waals surface area contributed by atoms with Crippen LogP contribution in [0.5, 0.6) is 0 Å². The van der Waals surface area contributed by atoms with Crippen molar-refractivity contribution in [2.75, 3.05) is 18.8 Å². The molecule has 0 aromatic heterocycles. The summed E-state index contributed by atoms with van der Waals surface area (Å²) in [6.07, 6.45) is 2.38. The fourth-order valence-electron chi connectivity index (χ4n) is 1.25. The standard InChI is InChI=1S/C11H24N2O2S/c1-9(2)10(3)8-13-16(14,15)7-6-12-11-4-5-11/h9-13H,4-8H2,1-3H3. The molecule has 1 fully saturated rings. The van der Waals surface area contributed by atoms with E-state index in [1.165, 1.54) is 12.8 Å². The van der Waals surface area contributed by atoms with E-state index in [1.54, 1.807) is 0 Å². The Morgan fingerprint density at radius 3 is 2.38 bits per heavy atom. The van der Waals surface area contributed by atoms with Crippen molar-refractivity contribution >= 4 is 10.0 Å². The zero-order valence-electron chi connectivity index (χ0n) is 10.5. The lowest BCUT2D eigenvalue weighted by molar-refractivity contribution is 0.414. The molecule has 1 saturated carbocycles. The topological polar surface area (TPSA) is 58.2 Å². The first-order valence-electron chi connectivity index (χ1n) is 6.11. The molecule has 0 amide bonds. The van der Waals surface area contributed by atoms with Crippen LogP contribution >= 0.6 is 0 Å². The first-order valence-corrected chi connectivity index (χ1v) is 7.76. The van der Waals surface area contributed by atoms with E-state index in [-0.39, 0.29) is 5.75 Å². The summed E-state index contributed by atoms with van der Waals surface area (Å²) in [6, 6.07) is 0.574. The Balaban J connectivity index is 2.16. The predicted octanol–water partition coefficient (Wildman–Crippen LogP) is 0.950. The fourth-order valence-corrected chi connectivity index (χ4v) is 2.30. The smallest absolute Gasteiger partial charge is 0.212 e. The molecule has 2 N–H and O–H groups in total. The molecule has 16 heavy (non-hydrogen) atoms. The highest BCUT2D eigenvalue weighted by molar-refractivity contribution is 7.89. The second-order valence-corrected chi connectivity index (χ2v) is 7.04. The molecule has 0 aromatic rings. The second-order valence-electron chi connectivity index (χ2n) is 5.12. The SMILES string of the molecule is CC(C)C(C)CNS(=O)(=O)CCNC1CC1. The van der Waals surface area contributed by atoms with Gasteiger partial charge in [0.2, 0.25) is 10.0 Å². The predicted molar refractivity (Wildman–Crippen MR) is 66.8 cm³/mol. The third kappa shape index (κ3) is 5.82. The minimum Gasteiger partial charge on any atom is -0.313 e. The van der Waals surface area contributed by atoms with Crippen LogP contribution in [0.4, 0.5) is 0 Å². The van der Waals surface area contributed by atoms with E-state index in [1.807, 2.05) is 0 Å². The zero-order valence-corrected chi connectivity index (χ0v) is 11.3. The molecular weight excluding hydrogens is 224 g/mol. The van der Waals surface area contributed by atoms with Crippen LogP contribution in [0.1, 0.15) is 33.6 Å². The molecule has 1 aliphatic carbocycles. The molecule has 0 aromatic carbocycles. The third-order valence-electron chi connectivity index (χ3n) is 3.14. The van der Waals surface area contributed by atoms with E-state index in [9.17, 15) is 8.42 Å². The van der Waals surface area contributed by atoms with Gasteiger partial charge >= 0.3 is 0 Å². The Hall–Kier alpha value is -0.130. The summed E-state index contributed by atoms with van der Waals surface area (Å²) >= 11 is 0. The van der Waals surface area contributed by atoms with Crippen molar-refractivity contribution in [3.8, 4) is 0 Å². The van der Waals surface area contributed by atoms with Crippen LogP contribution in [0, 0.1) is 11.8 Å². The summed E-state index contributed by atoms with van der Waals surface area (Å²) in [5.41, 5.74) is 0. The summed E-state index contributed by atoms with van der Waals surface area (Å²) in [6.45, 7) is 7.39. The van der Waals surface area contributed by atoms with Gasteiger partial charge in [0.05, 0.1) is 5.75 Å². The average Bonchev–Trinajstić information content (AvgIpc) is 2.97. The second kappa shape index (κ2) is 5.98. The lowest BCUT2D eigenvalue weighted by Crippen LogP contribution is -2.35. The molecular formula is C11H24N2O2S. The largest absolute Gasteiger partial charge is 0.313 e. The Labute approximate surface area is 99.2 Å². The van der Waals surface area contributed by atoms with Crippen molar-refractivity contribution in [2.45, 2.75) is 39.7 Å². The maximum atomic E-state index is 11.6. The van der Waals surface area contributed by atoms with E-state index in [4.69, 9.17) is 0 Å². The number of sulfonamides is 1. The first kappa shape index (κ1) is 13.9. The van der Waals surface area contributed by atoms with E-state index < -0.39 is 10.0 Å². The van der Waals surface area contributed by atoms with Gasteiger partial charge in [-0.1, -0.05) is 20.8 Å². The highest BCUT2D eigenvalue weighted by Gasteiger charge is 2.21. The summed E-state index contributed by atoms with van der Waals surface area (Å²) in [5, 5.41) is 3.20. The van der Waals surface area contributed by atoms with Gasteiger partial charge in [-0.3, -0.25) is 0 Å². The van der Waals surface area contributed by atoms with E-state index in [0.29, 0.717) is 31.0 Å². The van der Waals surface area contributed by atoms with E-state index in [2.05, 4.69) is 30.8 Å². The number of hydrogen-bond donors (Lipinski definition) is 2.